The number of guanidine groups is 1. The molecule has 0 atom stereocenters. The SMILES string of the molecule is CN=C(NCCCOCC1CCOCC1)NCc1cccc(CN(C)C)c1.I. The number of rotatable bonds is 10. The Morgan fingerprint density at radius 2 is 1.96 bits per heavy atom. The van der Waals surface area contributed by atoms with Gasteiger partial charge < -0.3 is 25.0 Å². The van der Waals surface area contributed by atoms with Crippen LogP contribution in [0.3, 0.4) is 0 Å². The van der Waals surface area contributed by atoms with Crippen molar-refractivity contribution >= 4 is 29.9 Å². The lowest BCUT2D eigenvalue weighted by Gasteiger charge is -2.21. The highest BCUT2D eigenvalue weighted by Crippen LogP contribution is 2.14. The molecule has 2 N–H and O–H groups in total. The summed E-state index contributed by atoms with van der Waals surface area (Å²) in [5.74, 6) is 1.50. The zero-order valence-corrected chi connectivity index (χ0v) is 19.9. The third-order valence-corrected chi connectivity index (χ3v) is 4.63. The van der Waals surface area contributed by atoms with Gasteiger partial charge in [0.05, 0.1) is 0 Å². The average molecular weight is 504 g/mol. The van der Waals surface area contributed by atoms with E-state index in [0.29, 0.717) is 5.92 Å². The third kappa shape index (κ3) is 10.6. The Balaban J connectivity index is 0.00000392. The van der Waals surface area contributed by atoms with E-state index in [2.05, 4.69) is 58.9 Å². The first kappa shape index (κ1) is 25.1. The first-order valence-electron chi connectivity index (χ1n) is 10.00. The average Bonchev–Trinajstić information content (AvgIpc) is 2.67. The van der Waals surface area contributed by atoms with Gasteiger partial charge in [-0.3, -0.25) is 4.99 Å². The largest absolute Gasteiger partial charge is 0.381 e. The van der Waals surface area contributed by atoms with Gasteiger partial charge in [-0.1, -0.05) is 24.3 Å². The second-order valence-electron chi connectivity index (χ2n) is 7.39. The van der Waals surface area contributed by atoms with E-state index in [9.17, 15) is 0 Å². The highest BCUT2D eigenvalue weighted by atomic mass is 127. The van der Waals surface area contributed by atoms with Gasteiger partial charge >= 0.3 is 0 Å². The van der Waals surface area contributed by atoms with Crippen molar-refractivity contribution < 1.29 is 9.47 Å². The lowest BCUT2D eigenvalue weighted by molar-refractivity contribution is 0.0203. The van der Waals surface area contributed by atoms with E-state index in [1.54, 1.807) is 7.05 Å². The molecule has 0 unspecified atom stereocenters. The molecule has 1 heterocycles. The Bertz CT molecular complexity index is 563. The summed E-state index contributed by atoms with van der Waals surface area (Å²) in [6.07, 6.45) is 3.23. The smallest absolute Gasteiger partial charge is 0.191 e. The fraction of sp³-hybridized carbons (Fsp3) is 0.667. The minimum absolute atomic E-state index is 0. The molecule has 160 valence electrons. The van der Waals surface area contributed by atoms with Crippen LogP contribution in [-0.4, -0.2) is 65.0 Å². The van der Waals surface area contributed by atoms with Crippen LogP contribution in [0.5, 0.6) is 0 Å². The maximum absolute atomic E-state index is 5.80. The Morgan fingerprint density at radius 1 is 1.21 bits per heavy atom. The van der Waals surface area contributed by atoms with Crippen molar-refractivity contribution in [3.8, 4) is 0 Å². The number of halogens is 1. The lowest BCUT2D eigenvalue weighted by Crippen LogP contribution is -2.37. The number of benzene rings is 1. The zero-order chi connectivity index (χ0) is 19.3. The normalized spacial score (nSPS) is 15.4. The molecule has 1 aliphatic rings. The quantitative estimate of drug-likeness (QED) is 0.222. The van der Waals surface area contributed by atoms with E-state index >= 15 is 0 Å². The Morgan fingerprint density at radius 3 is 2.68 bits per heavy atom. The predicted molar refractivity (Wildman–Crippen MR) is 126 cm³/mol. The Hall–Kier alpha value is -0.900. The molecule has 0 amide bonds. The first-order chi connectivity index (χ1) is 13.2. The number of nitrogens with zero attached hydrogens (tertiary/aromatic N) is 2. The van der Waals surface area contributed by atoms with Crippen molar-refractivity contribution in [2.24, 2.45) is 10.9 Å². The summed E-state index contributed by atoms with van der Waals surface area (Å²) in [5.41, 5.74) is 2.58. The van der Waals surface area contributed by atoms with Gasteiger partial charge in [0.2, 0.25) is 0 Å². The van der Waals surface area contributed by atoms with Gasteiger partial charge in [-0.2, -0.15) is 0 Å². The van der Waals surface area contributed by atoms with E-state index in [-0.39, 0.29) is 24.0 Å². The monoisotopic (exact) mass is 504 g/mol. The van der Waals surface area contributed by atoms with E-state index in [1.807, 2.05) is 0 Å². The van der Waals surface area contributed by atoms with Crippen LogP contribution < -0.4 is 10.6 Å². The topological polar surface area (TPSA) is 58.1 Å². The molecule has 0 spiro atoms. The first-order valence-corrected chi connectivity index (χ1v) is 10.00. The van der Waals surface area contributed by atoms with Gasteiger partial charge in [-0.25, -0.2) is 0 Å². The molecule has 1 aromatic carbocycles. The van der Waals surface area contributed by atoms with Crippen molar-refractivity contribution in [2.45, 2.75) is 32.4 Å². The summed E-state index contributed by atoms with van der Waals surface area (Å²) in [7, 11) is 5.98. The van der Waals surface area contributed by atoms with E-state index in [1.165, 1.54) is 11.1 Å². The maximum Gasteiger partial charge on any atom is 0.191 e. The molecule has 2 rings (SSSR count). The lowest BCUT2D eigenvalue weighted by atomic mass is 10.0. The van der Waals surface area contributed by atoms with Crippen LogP contribution >= 0.6 is 24.0 Å². The molecule has 1 saturated heterocycles. The van der Waals surface area contributed by atoms with Crippen LogP contribution in [0.1, 0.15) is 30.4 Å². The summed E-state index contributed by atoms with van der Waals surface area (Å²) in [4.78, 5) is 6.47. The van der Waals surface area contributed by atoms with E-state index in [0.717, 1.165) is 71.3 Å². The number of ether oxygens (including phenoxy) is 2. The molecule has 0 aliphatic carbocycles. The highest BCUT2D eigenvalue weighted by Gasteiger charge is 2.13. The minimum Gasteiger partial charge on any atom is -0.381 e. The molecular weight excluding hydrogens is 467 g/mol. The van der Waals surface area contributed by atoms with Crippen LogP contribution in [0.15, 0.2) is 29.3 Å². The molecule has 0 bridgehead atoms. The fourth-order valence-electron chi connectivity index (χ4n) is 3.15. The Labute approximate surface area is 187 Å². The maximum atomic E-state index is 5.80. The van der Waals surface area contributed by atoms with Crippen LogP contribution in [0.4, 0.5) is 0 Å². The molecule has 1 fully saturated rings. The second-order valence-corrected chi connectivity index (χ2v) is 7.39. The number of hydrogen-bond donors (Lipinski definition) is 2. The van der Waals surface area contributed by atoms with Crippen molar-refractivity contribution in [2.75, 3.05) is 54.1 Å². The van der Waals surface area contributed by atoms with Gasteiger partial charge in [0, 0.05) is 53.1 Å². The number of nitrogens with one attached hydrogen (secondary N) is 2. The van der Waals surface area contributed by atoms with Gasteiger partial charge in [-0.15, -0.1) is 24.0 Å². The van der Waals surface area contributed by atoms with Crippen molar-refractivity contribution in [1.82, 2.24) is 15.5 Å². The molecule has 7 heteroatoms. The molecule has 28 heavy (non-hydrogen) atoms. The van der Waals surface area contributed by atoms with Gasteiger partial charge in [0.1, 0.15) is 0 Å². The molecular formula is C21H37IN4O2. The molecule has 0 saturated carbocycles. The summed E-state index contributed by atoms with van der Waals surface area (Å²) in [6, 6.07) is 8.66. The minimum atomic E-state index is 0. The predicted octanol–water partition coefficient (Wildman–Crippen LogP) is 2.86. The van der Waals surface area contributed by atoms with Crippen LogP contribution in [0, 0.1) is 5.92 Å². The standard InChI is InChI=1S/C21H36N4O2.HI/c1-22-21(23-10-5-11-27-17-18-8-12-26-13-9-18)24-15-19-6-4-7-20(14-19)16-25(2)3;/h4,6-7,14,18H,5,8-13,15-17H2,1-3H3,(H2,22,23,24);1H. The number of hydrogen-bond acceptors (Lipinski definition) is 4. The fourth-order valence-corrected chi connectivity index (χ4v) is 3.15. The molecule has 0 aromatic heterocycles. The van der Waals surface area contributed by atoms with E-state index in [4.69, 9.17) is 9.47 Å². The third-order valence-electron chi connectivity index (χ3n) is 4.63. The van der Waals surface area contributed by atoms with Gasteiger partial charge in [0.15, 0.2) is 5.96 Å². The highest BCUT2D eigenvalue weighted by molar-refractivity contribution is 14.0. The molecule has 0 radical (unpaired) electrons. The molecule has 1 aromatic rings. The molecule has 1 aliphatic heterocycles. The van der Waals surface area contributed by atoms with E-state index < -0.39 is 0 Å². The van der Waals surface area contributed by atoms with Gasteiger partial charge in [-0.05, 0) is 50.4 Å². The van der Waals surface area contributed by atoms with Crippen molar-refractivity contribution in [3.63, 3.8) is 0 Å². The van der Waals surface area contributed by atoms with Gasteiger partial charge in [0.25, 0.3) is 0 Å². The Kier molecular flexibility index (Phi) is 13.5. The summed E-state index contributed by atoms with van der Waals surface area (Å²) in [5, 5.41) is 6.74. The summed E-state index contributed by atoms with van der Waals surface area (Å²) >= 11 is 0. The number of aliphatic imine (C=N–C) groups is 1. The summed E-state index contributed by atoms with van der Waals surface area (Å²) in [6.45, 7) is 5.99. The molecule has 6 nitrogen and oxygen atoms in total. The van der Waals surface area contributed by atoms with Crippen molar-refractivity contribution in [1.29, 1.82) is 0 Å². The van der Waals surface area contributed by atoms with Crippen LogP contribution in [0.25, 0.3) is 0 Å². The second kappa shape index (κ2) is 15.0. The zero-order valence-electron chi connectivity index (χ0n) is 17.6. The van der Waals surface area contributed by atoms with Crippen LogP contribution in [0.2, 0.25) is 0 Å². The summed E-state index contributed by atoms with van der Waals surface area (Å²) < 4.78 is 11.2. The van der Waals surface area contributed by atoms with Crippen LogP contribution in [-0.2, 0) is 22.6 Å². The van der Waals surface area contributed by atoms with Crippen molar-refractivity contribution in [3.05, 3.63) is 35.4 Å².